The third kappa shape index (κ3) is 10.7. The minimum atomic E-state index is -0.764. The molecule has 3 saturated heterocycles. The second kappa shape index (κ2) is 21.4. The lowest BCUT2D eigenvalue weighted by Crippen LogP contribution is -2.51. The van der Waals surface area contributed by atoms with E-state index >= 15 is 8.78 Å². The number of likely N-dealkylation sites (tertiary alicyclic amines) is 2. The number of carbonyl (C=O) groups is 4. The van der Waals surface area contributed by atoms with E-state index in [-0.39, 0.29) is 48.0 Å². The number of anilines is 2. The second-order valence-electron chi connectivity index (χ2n) is 18.7. The molecule has 0 aliphatic carbocycles. The highest BCUT2D eigenvalue weighted by Crippen LogP contribution is 2.40. The predicted molar refractivity (Wildman–Crippen MR) is 260 cm³/mol. The van der Waals surface area contributed by atoms with Crippen molar-refractivity contribution in [3.05, 3.63) is 83.7 Å². The summed E-state index contributed by atoms with van der Waals surface area (Å²) in [5, 5.41) is 8.69. The Kier molecular flexibility index (Phi) is 15.2. The first-order valence-corrected chi connectivity index (χ1v) is 24.7. The number of aromatic nitrogens is 4. The zero-order chi connectivity index (χ0) is 48.9. The molecule has 3 fully saturated rings. The van der Waals surface area contributed by atoms with Gasteiger partial charge in [-0.05, 0) is 104 Å². The number of piperidine rings is 1. The van der Waals surface area contributed by atoms with Crippen LogP contribution in [-0.2, 0) is 25.6 Å². The van der Waals surface area contributed by atoms with E-state index in [9.17, 15) is 19.2 Å². The number of alkyl carbamates (subject to hydrolysis) is 2. The number of hydrogen-bond acceptors (Lipinski definition) is 11. The molecule has 19 heteroatoms. The van der Waals surface area contributed by atoms with E-state index < -0.39 is 35.9 Å². The molecule has 69 heavy (non-hydrogen) atoms. The van der Waals surface area contributed by atoms with Gasteiger partial charge in [0.15, 0.2) is 11.6 Å². The van der Waals surface area contributed by atoms with Gasteiger partial charge < -0.3 is 50.1 Å². The van der Waals surface area contributed by atoms with Gasteiger partial charge in [-0.2, -0.15) is 0 Å². The van der Waals surface area contributed by atoms with Gasteiger partial charge in [0.1, 0.15) is 29.4 Å². The number of halogens is 2. The van der Waals surface area contributed by atoms with Gasteiger partial charge in [0.2, 0.25) is 11.8 Å². The summed E-state index contributed by atoms with van der Waals surface area (Å²) in [4.78, 5) is 75.5. The Hall–Kier alpha value is -6.50. The summed E-state index contributed by atoms with van der Waals surface area (Å²) in [5.74, 6) is -0.644. The molecule has 2 aromatic carbocycles. The number of methoxy groups -OCH3 is 2. The lowest BCUT2D eigenvalue weighted by molar-refractivity contribution is -0.136. The number of amides is 4. The normalized spacial score (nSPS) is 18.1. The van der Waals surface area contributed by atoms with E-state index in [1.54, 1.807) is 38.4 Å². The Morgan fingerprint density at radius 2 is 1.25 bits per heavy atom. The molecule has 4 atom stereocenters. The SMILES string of the molecule is COC(=O)NC(C(=O)N1CCCC1c1ncc(-c2ccc(-c3ccc(-c4cnc(C5CCCN5C(=O)C(NC(=O)OC)C(C)C)[nH]4)s3)c(CNc3cc(F)c(N4CCCCC4)c(F)c3)c2)[nH]1)C(C)C. The molecule has 5 N–H and O–H groups in total. The van der Waals surface area contributed by atoms with Crippen LogP contribution in [0.25, 0.3) is 32.3 Å². The summed E-state index contributed by atoms with van der Waals surface area (Å²) in [6.07, 6.45) is 8.00. The maximum absolute atomic E-state index is 15.6. The third-order valence-corrected chi connectivity index (χ3v) is 14.6. The van der Waals surface area contributed by atoms with Crippen LogP contribution in [0.2, 0.25) is 0 Å². The third-order valence-electron chi connectivity index (χ3n) is 13.4. The molecule has 3 aliphatic heterocycles. The van der Waals surface area contributed by atoms with Crippen LogP contribution < -0.4 is 20.9 Å². The fraction of sp³-hybridized carbons (Fsp3) is 0.480. The van der Waals surface area contributed by atoms with E-state index in [4.69, 9.17) is 19.4 Å². The largest absolute Gasteiger partial charge is 0.453 e. The fourth-order valence-electron chi connectivity index (χ4n) is 9.73. The average Bonchev–Trinajstić information content (AvgIpc) is 4.21. The van der Waals surface area contributed by atoms with Crippen molar-refractivity contribution in [1.82, 2.24) is 40.4 Å². The highest BCUT2D eigenvalue weighted by Gasteiger charge is 2.39. The summed E-state index contributed by atoms with van der Waals surface area (Å²) in [7, 11) is 2.54. The van der Waals surface area contributed by atoms with Crippen molar-refractivity contribution in [2.24, 2.45) is 11.8 Å². The molecule has 3 aliphatic rings. The van der Waals surface area contributed by atoms with Crippen molar-refractivity contribution in [3.63, 3.8) is 0 Å². The van der Waals surface area contributed by atoms with E-state index in [2.05, 4.69) is 25.9 Å². The Bertz CT molecular complexity index is 2620. The molecule has 0 radical (unpaired) electrons. The van der Waals surface area contributed by atoms with Crippen LogP contribution in [0.3, 0.4) is 0 Å². The summed E-state index contributed by atoms with van der Waals surface area (Å²) < 4.78 is 40.9. The number of aromatic amines is 2. The van der Waals surface area contributed by atoms with Crippen LogP contribution in [0.5, 0.6) is 0 Å². The lowest BCUT2D eigenvalue weighted by atomic mass is 10.0. The molecular weight excluding hydrogens is 907 g/mol. The van der Waals surface area contributed by atoms with E-state index in [1.165, 1.54) is 26.4 Å². The molecular formula is C50H62F2N10O6S. The molecule has 8 rings (SSSR count). The molecule has 0 saturated carbocycles. The van der Waals surface area contributed by atoms with Crippen molar-refractivity contribution in [1.29, 1.82) is 0 Å². The number of hydrogen-bond donors (Lipinski definition) is 5. The molecule has 0 spiro atoms. The lowest BCUT2D eigenvalue weighted by Gasteiger charge is -2.30. The Morgan fingerprint density at radius 3 is 1.80 bits per heavy atom. The summed E-state index contributed by atoms with van der Waals surface area (Å²) in [6.45, 7) is 10.0. The van der Waals surface area contributed by atoms with Crippen molar-refractivity contribution < 1.29 is 37.4 Å². The molecule has 5 aromatic rings. The minimum Gasteiger partial charge on any atom is -0.453 e. The molecule has 6 heterocycles. The van der Waals surface area contributed by atoms with Gasteiger partial charge in [-0.3, -0.25) is 9.59 Å². The topological polar surface area (TPSA) is 190 Å². The number of carbonyl (C=O) groups excluding carboxylic acids is 4. The van der Waals surface area contributed by atoms with Gasteiger partial charge in [-0.1, -0.05) is 39.8 Å². The summed E-state index contributed by atoms with van der Waals surface area (Å²) in [6, 6.07) is 10.7. The van der Waals surface area contributed by atoms with Crippen molar-refractivity contribution in [2.75, 3.05) is 50.6 Å². The predicted octanol–water partition coefficient (Wildman–Crippen LogP) is 9.16. The Balaban J connectivity index is 1.06. The number of H-pyrrole nitrogens is 2. The first-order valence-electron chi connectivity index (χ1n) is 23.9. The van der Waals surface area contributed by atoms with Crippen LogP contribution in [0.4, 0.5) is 29.7 Å². The molecule has 16 nitrogen and oxygen atoms in total. The Morgan fingerprint density at radius 1 is 0.710 bits per heavy atom. The van der Waals surface area contributed by atoms with Crippen molar-refractivity contribution >= 4 is 46.7 Å². The number of rotatable bonds is 15. The van der Waals surface area contributed by atoms with Gasteiger partial charge in [0.25, 0.3) is 0 Å². The summed E-state index contributed by atoms with van der Waals surface area (Å²) >= 11 is 1.56. The fourth-order valence-corrected chi connectivity index (χ4v) is 10.8. The molecule has 4 unspecified atom stereocenters. The zero-order valence-electron chi connectivity index (χ0n) is 40.0. The Labute approximate surface area is 404 Å². The quantitative estimate of drug-likeness (QED) is 0.0677. The number of benzene rings is 2. The van der Waals surface area contributed by atoms with Gasteiger partial charge in [0, 0.05) is 43.3 Å². The van der Waals surface area contributed by atoms with E-state index in [0.29, 0.717) is 49.9 Å². The van der Waals surface area contributed by atoms with Gasteiger partial charge in [-0.15, -0.1) is 11.3 Å². The molecule has 4 amide bonds. The van der Waals surface area contributed by atoms with Crippen LogP contribution in [-0.4, -0.2) is 106 Å². The highest BCUT2D eigenvalue weighted by atomic mass is 32.1. The average molecular weight is 969 g/mol. The molecule has 3 aromatic heterocycles. The first kappa shape index (κ1) is 48.9. The maximum Gasteiger partial charge on any atom is 0.407 e. The first-order chi connectivity index (χ1) is 33.2. The summed E-state index contributed by atoms with van der Waals surface area (Å²) in [5.41, 5.74) is 4.42. The number of imidazole rings is 2. The number of nitrogens with one attached hydrogen (secondary N) is 5. The van der Waals surface area contributed by atoms with Gasteiger partial charge in [-0.25, -0.2) is 28.3 Å². The van der Waals surface area contributed by atoms with Gasteiger partial charge >= 0.3 is 12.2 Å². The van der Waals surface area contributed by atoms with E-state index in [0.717, 1.165) is 76.4 Å². The van der Waals surface area contributed by atoms with Crippen molar-refractivity contribution in [3.8, 4) is 32.3 Å². The maximum atomic E-state index is 15.6. The number of thiophene rings is 1. The number of nitrogens with zero attached hydrogens (tertiary/aromatic N) is 5. The zero-order valence-corrected chi connectivity index (χ0v) is 40.8. The minimum absolute atomic E-state index is 0.00983. The molecule has 368 valence electrons. The second-order valence-corrected chi connectivity index (χ2v) is 19.8. The van der Waals surface area contributed by atoms with E-state index in [1.807, 2.05) is 58.0 Å². The van der Waals surface area contributed by atoms with Crippen LogP contribution in [0.15, 0.2) is 54.9 Å². The van der Waals surface area contributed by atoms with Crippen LogP contribution in [0.1, 0.15) is 102 Å². The van der Waals surface area contributed by atoms with Gasteiger partial charge in [0.05, 0.1) is 55.0 Å². The highest BCUT2D eigenvalue weighted by molar-refractivity contribution is 7.18. The van der Waals surface area contributed by atoms with Crippen LogP contribution >= 0.6 is 11.3 Å². The smallest absolute Gasteiger partial charge is 0.407 e. The van der Waals surface area contributed by atoms with Crippen LogP contribution in [0, 0.1) is 23.5 Å². The number of ether oxygens (including phenoxy) is 2. The molecule has 0 bridgehead atoms. The monoisotopic (exact) mass is 968 g/mol. The van der Waals surface area contributed by atoms with Crippen molar-refractivity contribution in [2.45, 2.75) is 103 Å². The standard InChI is InChI=1S/C50H62F2N10O6S/c1-28(2)42(58-49(65)67-5)47(63)61-20-10-12-38(61)45-54-26-36(56-45)30-14-15-33(31(22-30)25-53-32-23-34(51)44(35(52)24-32)60-18-8-7-9-19-60)40-16-17-41(69-40)37-27-55-46(57-37)39-13-11-21-62(39)48(64)43(29(3)4)59-50(66)68-6/h14-17,22-24,26-29,38-39,42-43,53H,7-13,18-21,25H2,1-6H3,(H,54,56)(H,55,57)(H,58,65)(H,59,66).